The molecule has 0 aromatic rings. The fourth-order valence-electron chi connectivity index (χ4n) is 1.72. The van der Waals surface area contributed by atoms with E-state index >= 15 is 0 Å². The summed E-state index contributed by atoms with van der Waals surface area (Å²) in [5.41, 5.74) is 0. The van der Waals surface area contributed by atoms with Gasteiger partial charge in [-0.1, -0.05) is 0 Å². The molecule has 1 unspecified atom stereocenters. The third-order valence-electron chi connectivity index (χ3n) is 2.63. The second-order valence-electron chi connectivity index (χ2n) is 4.53. The Morgan fingerprint density at radius 1 is 0.591 bits per heavy atom. The van der Waals surface area contributed by atoms with Crippen molar-refractivity contribution in [3.63, 3.8) is 0 Å². The topological polar surface area (TPSA) is 83.1 Å². The average Bonchev–Trinajstić information content (AvgIpc) is 2.50. The summed E-state index contributed by atoms with van der Waals surface area (Å²) in [4.78, 5) is 0. The third-order valence-corrected chi connectivity index (χ3v) is 14.7. The molecular weight excluding hydrogens is 364 g/mol. The van der Waals surface area contributed by atoms with Gasteiger partial charge in [0.15, 0.2) is 0 Å². The summed E-state index contributed by atoms with van der Waals surface area (Å²) >= 11 is 0. The Morgan fingerprint density at radius 3 is 1.27 bits per heavy atom. The summed E-state index contributed by atoms with van der Waals surface area (Å²) in [5.74, 6) is 0. The number of rotatable bonds is 12. The van der Waals surface area contributed by atoms with Crippen molar-refractivity contribution < 1.29 is 38.9 Å². The quantitative estimate of drug-likeness (QED) is 0.436. The van der Waals surface area contributed by atoms with Crippen LogP contribution in [0.15, 0.2) is 0 Å². The molecule has 0 aliphatic heterocycles. The zero-order valence-corrected chi connectivity index (χ0v) is 18.9. The highest BCUT2D eigenvalue weighted by molar-refractivity contribution is 6.79. The van der Waals surface area contributed by atoms with Crippen molar-refractivity contribution in [2.24, 2.45) is 0 Å². The van der Waals surface area contributed by atoms with Crippen LogP contribution in [0.1, 0.15) is 0 Å². The molecule has 0 N–H and O–H groups in total. The van der Waals surface area contributed by atoms with E-state index in [2.05, 4.69) is 0 Å². The first-order valence-electron chi connectivity index (χ1n) is 6.54. The predicted molar refractivity (Wildman–Crippen MR) is 87.3 cm³/mol. The second kappa shape index (κ2) is 9.72. The molecule has 0 rings (SSSR count). The Balaban J connectivity index is 4.83. The van der Waals surface area contributed by atoms with Crippen LogP contribution in [0.5, 0.6) is 0 Å². The summed E-state index contributed by atoms with van der Waals surface area (Å²) < 4.78 is 49.1. The lowest BCUT2D eigenvalue weighted by Crippen LogP contribution is -2.58. The minimum absolute atomic E-state index is 1.47. The van der Waals surface area contributed by atoms with Crippen LogP contribution >= 0.6 is 0 Å². The van der Waals surface area contributed by atoms with Gasteiger partial charge in [-0.3, -0.25) is 0 Å². The van der Waals surface area contributed by atoms with E-state index in [-0.39, 0.29) is 0 Å². The largest absolute Gasteiger partial charge is 0.669 e. The lowest BCUT2D eigenvalue weighted by atomic mass is 11.8. The first-order chi connectivity index (χ1) is 10.2. The van der Waals surface area contributed by atoms with Crippen LogP contribution in [-0.4, -0.2) is 78.6 Å². The lowest BCUT2D eigenvalue weighted by Gasteiger charge is -2.34. The molecule has 0 fully saturated rings. The molecule has 22 heavy (non-hydrogen) atoms. The van der Waals surface area contributed by atoms with Crippen molar-refractivity contribution >= 4 is 35.9 Å². The Labute approximate surface area is 137 Å². The molecule has 0 saturated carbocycles. The van der Waals surface area contributed by atoms with Gasteiger partial charge in [0.2, 0.25) is 0 Å². The van der Waals surface area contributed by atoms with Gasteiger partial charge in [-0.05, 0) is 19.6 Å². The van der Waals surface area contributed by atoms with E-state index in [1.54, 1.807) is 0 Å². The molecule has 0 aliphatic carbocycles. The van der Waals surface area contributed by atoms with Gasteiger partial charge in [-0.25, -0.2) is 0 Å². The van der Waals surface area contributed by atoms with Crippen molar-refractivity contribution in [3.05, 3.63) is 0 Å². The normalized spacial score (nSPS) is 15.1. The van der Waals surface area contributed by atoms with Crippen molar-refractivity contribution in [1.82, 2.24) is 0 Å². The summed E-state index contributed by atoms with van der Waals surface area (Å²) in [7, 11) is -2.27. The van der Waals surface area contributed by atoms with Gasteiger partial charge in [0.25, 0.3) is 0 Å². The maximum absolute atomic E-state index is 5.98. The van der Waals surface area contributed by atoms with Crippen molar-refractivity contribution in [3.8, 4) is 0 Å². The minimum atomic E-state index is -3.18. The van der Waals surface area contributed by atoms with Gasteiger partial charge >= 0.3 is 35.9 Å². The molecule has 0 spiro atoms. The fraction of sp³-hybridized carbons (Fsp3) is 1.00. The summed E-state index contributed by atoms with van der Waals surface area (Å²) in [6, 6.07) is 0. The Kier molecular flexibility index (Phi) is 9.94. The molecule has 0 saturated heterocycles. The number of hydrogen-bond acceptors (Lipinski definition) is 9. The van der Waals surface area contributed by atoms with E-state index < -0.39 is 35.9 Å². The average molecular weight is 393 g/mol. The molecule has 0 bridgehead atoms. The standard InChI is InChI=1S/C9H28O9Si4/c1-10-21(11-2,12-3)17-19(7)16-20(8,9)18-22(13-4,14-5)15-6/h19H,1-9H3. The van der Waals surface area contributed by atoms with Crippen LogP contribution in [-0.2, 0) is 38.9 Å². The van der Waals surface area contributed by atoms with E-state index in [0.29, 0.717) is 0 Å². The summed E-state index contributed by atoms with van der Waals surface area (Å²) in [5, 5.41) is 0. The van der Waals surface area contributed by atoms with Gasteiger partial charge in [0, 0.05) is 42.7 Å². The molecule has 0 radical (unpaired) electrons. The van der Waals surface area contributed by atoms with Crippen molar-refractivity contribution in [1.29, 1.82) is 0 Å². The molecule has 0 aromatic heterocycles. The lowest BCUT2D eigenvalue weighted by molar-refractivity contribution is 0.0350. The van der Waals surface area contributed by atoms with E-state index in [9.17, 15) is 0 Å². The highest BCUT2D eigenvalue weighted by atomic mass is 28.5. The number of hydrogen-bond donors (Lipinski definition) is 0. The highest BCUT2D eigenvalue weighted by Gasteiger charge is 2.51. The molecule has 134 valence electrons. The third kappa shape index (κ3) is 6.55. The van der Waals surface area contributed by atoms with Gasteiger partial charge in [0.1, 0.15) is 0 Å². The van der Waals surface area contributed by atoms with Gasteiger partial charge in [-0.15, -0.1) is 0 Å². The van der Waals surface area contributed by atoms with E-state index in [4.69, 9.17) is 38.9 Å². The van der Waals surface area contributed by atoms with Crippen LogP contribution in [0.25, 0.3) is 0 Å². The summed E-state index contributed by atoms with van der Waals surface area (Å²) in [6.07, 6.45) is 0. The van der Waals surface area contributed by atoms with Crippen molar-refractivity contribution in [2.75, 3.05) is 42.7 Å². The van der Waals surface area contributed by atoms with Crippen LogP contribution in [0, 0.1) is 0 Å². The van der Waals surface area contributed by atoms with E-state index in [1.807, 2.05) is 19.6 Å². The van der Waals surface area contributed by atoms with E-state index in [0.717, 1.165) is 0 Å². The first kappa shape index (κ1) is 22.5. The van der Waals surface area contributed by atoms with Crippen LogP contribution < -0.4 is 0 Å². The van der Waals surface area contributed by atoms with Crippen molar-refractivity contribution in [2.45, 2.75) is 19.6 Å². The Bertz CT molecular complexity index is 295. The molecule has 1 atom stereocenters. The van der Waals surface area contributed by atoms with Crippen LogP contribution in [0.4, 0.5) is 0 Å². The van der Waals surface area contributed by atoms with Crippen LogP contribution in [0.3, 0.4) is 0 Å². The van der Waals surface area contributed by atoms with Crippen LogP contribution in [0.2, 0.25) is 19.6 Å². The Hall–Kier alpha value is 0.508. The minimum Gasteiger partial charge on any atom is -0.418 e. The monoisotopic (exact) mass is 392 g/mol. The second-order valence-corrected chi connectivity index (χ2v) is 15.6. The molecular formula is C9H28O9Si4. The molecule has 9 nitrogen and oxygen atoms in total. The summed E-state index contributed by atoms with van der Waals surface area (Å²) in [6.45, 7) is 5.55. The van der Waals surface area contributed by atoms with E-state index in [1.165, 1.54) is 42.7 Å². The molecule has 0 aliphatic rings. The maximum Gasteiger partial charge on any atom is 0.669 e. The first-order valence-corrected chi connectivity index (χ1v) is 14.7. The fourth-order valence-corrected chi connectivity index (χ4v) is 13.4. The highest BCUT2D eigenvalue weighted by Crippen LogP contribution is 2.20. The smallest absolute Gasteiger partial charge is 0.418 e. The molecule has 0 aromatic carbocycles. The Morgan fingerprint density at radius 2 is 0.955 bits per heavy atom. The van der Waals surface area contributed by atoms with Gasteiger partial charge < -0.3 is 38.9 Å². The SMILES string of the molecule is CO[Si](OC)(OC)O[SiH](C)O[Si](C)(C)O[Si](OC)(OC)OC. The predicted octanol–water partition coefficient (Wildman–Crippen LogP) is 0.338. The zero-order chi connectivity index (χ0) is 17.4. The molecule has 0 heterocycles. The molecule has 13 heteroatoms. The van der Waals surface area contributed by atoms with Gasteiger partial charge in [0.05, 0.1) is 0 Å². The maximum atomic E-state index is 5.98. The molecule has 0 amide bonds. The zero-order valence-electron chi connectivity index (χ0n) is 14.8. The van der Waals surface area contributed by atoms with Gasteiger partial charge in [-0.2, -0.15) is 0 Å².